The van der Waals surface area contributed by atoms with Crippen LogP contribution in [-0.4, -0.2) is 21.1 Å². The van der Waals surface area contributed by atoms with E-state index in [4.69, 9.17) is 11.6 Å². The third-order valence-electron chi connectivity index (χ3n) is 2.98. The van der Waals surface area contributed by atoms with Crippen LogP contribution in [0.4, 0.5) is 0 Å². The summed E-state index contributed by atoms with van der Waals surface area (Å²) < 4.78 is 1.60. The molecule has 0 unspecified atom stereocenters. The van der Waals surface area contributed by atoms with Crippen LogP contribution in [0.5, 0.6) is 0 Å². The molecule has 0 saturated heterocycles. The van der Waals surface area contributed by atoms with Crippen LogP contribution >= 0.6 is 11.6 Å². The molecule has 2 rings (SSSR count). The Morgan fingerprint density at radius 3 is 2.31 bits per heavy atom. The Labute approximate surface area is 97.9 Å². The van der Waals surface area contributed by atoms with E-state index in [9.17, 15) is 9.59 Å². The summed E-state index contributed by atoms with van der Waals surface area (Å²) in [6, 6.07) is 0. The molecule has 0 aromatic carbocycles. The Balaban J connectivity index is 2.73. The van der Waals surface area contributed by atoms with Gasteiger partial charge in [0.25, 0.3) is 0 Å². The predicted octanol–water partition coefficient (Wildman–Crippen LogP) is 1.87. The number of nitrogens with zero attached hydrogens (tertiary/aromatic N) is 2. The zero-order chi connectivity index (χ0) is 12.0. The minimum Gasteiger partial charge on any atom is -0.327 e. The highest BCUT2D eigenvalue weighted by atomic mass is 35.5. The lowest BCUT2D eigenvalue weighted by molar-refractivity contribution is 0.0967. The molecule has 0 atom stereocenters. The monoisotopic (exact) mass is 238 g/mol. The largest absolute Gasteiger partial charge is 0.327 e. The van der Waals surface area contributed by atoms with Crippen LogP contribution in [0.15, 0.2) is 11.1 Å². The maximum atomic E-state index is 12.0. The van der Waals surface area contributed by atoms with Gasteiger partial charge in [-0.05, 0) is 13.8 Å². The van der Waals surface area contributed by atoms with E-state index in [0.29, 0.717) is 22.7 Å². The van der Waals surface area contributed by atoms with Gasteiger partial charge in [0.2, 0.25) is 11.6 Å². The summed E-state index contributed by atoms with van der Waals surface area (Å²) >= 11 is 5.70. The van der Waals surface area contributed by atoms with E-state index < -0.39 is 0 Å². The number of aromatic nitrogens is 2. The Morgan fingerprint density at radius 2 is 1.75 bits per heavy atom. The standard InChI is InChI=1S/C11H11ClN2O2/c1-5-6(2)11(16)9-8(10(5)15)13-7(4-12)14(9)3/h4H2,1-3H3. The molecule has 0 spiro atoms. The van der Waals surface area contributed by atoms with Crippen molar-refractivity contribution in [3.63, 3.8) is 0 Å². The Hall–Kier alpha value is -1.42. The van der Waals surface area contributed by atoms with Crippen LogP contribution in [0.25, 0.3) is 0 Å². The molecule has 0 fully saturated rings. The number of imidazole rings is 1. The highest BCUT2D eigenvalue weighted by molar-refractivity contribution is 6.25. The van der Waals surface area contributed by atoms with Gasteiger partial charge in [-0.2, -0.15) is 0 Å². The molecular formula is C11H11ClN2O2. The SMILES string of the molecule is CC1=C(C)C(=O)c2c(nc(CCl)n2C)C1=O. The van der Waals surface area contributed by atoms with Crippen LogP contribution in [-0.2, 0) is 12.9 Å². The zero-order valence-corrected chi connectivity index (χ0v) is 10.1. The molecule has 1 aromatic rings. The first-order chi connectivity index (χ1) is 7.49. The van der Waals surface area contributed by atoms with Gasteiger partial charge in [-0.25, -0.2) is 4.98 Å². The molecule has 4 nitrogen and oxygen atoms in total. The smallest absolute Gasteiger partial charge is 0.209 e. The average molecular weight is 239 g/mol. The van der Waals surface area contributed by atoms with E-state index in [1.165, 1.54) is 0 Å². The van der Waals surface area contributed by atoms with E-state index in [1.54, 1.807) is 25.5 Å². The van der Waals surface area contributed by atoms with Crippen molar-refractivity contribution < 1.29 is 9.59 Å². The van der Waals surface area contributed by atoms with Crippen molar-refractivity contribution in [1.29, 1.82) is 0 Å². The van der Waals surface area contributed by atoms with E-state index in [1.807, 2.05) is 0 Å². The predicted molar refractivity (Wildman–Crippen MR) is 59.8 cm³/mol. The number of allylic oxidation sites excluding steroid dienone is 2. The number of rotatable bonds is 1. The molecule has 1 aliphatic rings. The van der Waals surface area contributed by atoms with Crippen molar-refractivity contribution in [3.8, 4) is 0 Å². The third-order valence-corrected chi connectivity index (χ3v) is 3.22. The number of ketones is 2. The van der Waals surface area contributed by atoms with Gasteiger partial charge in [0.05, 0.1) is 5.88 Å². The van der Waals surface area contributed by atoms with Crippen LogP contribution in [0.1, 0.15) is 40.6 Å². The van der Waals surface area contributed by atoms with Gasteiger partial charge in [-0.1, -0.05) is 0 Å². The normalized spacial score (nSPS) is 15.8. The molecular weight excluding hydrogens is 228 g/mol. The number of hydrogen-bond donors (Lipinski definition) is 0. The van der Waals surface area contributed by atoms with Gasteiger partial charge in [-0.3, -0.25) is 9.59 Å². The first-order valence-corrected chi connectivity index (χ1v) is 5.41. The van der Waals surface area contributed by atoms with E-state index in [-0.39, 0.29) is 23.1 Å². The highest BCUT2D eigenvalue weighted by Crippen LogP contribution is 2.26. The van der Waals surface area contributed by atoms with Gasteiger partial charge in [0.1, 0.15) is 17.2 Å². The van der Waals surface area contributed by atoms with Gasteiger partial charge in [-0.15, -0.1) is 11.6 Å². The molecule has 16 heavy (non-hydrogen) atoms. The maximum Gasteiger partial charge on any atom is 0.209 e. The fourth-order valence-corrected chi connectivity index (χ4v) is 2.02. The lowest BCUT2D eigenvalue weighted by atomic mass is 9.92. The topological polar surface area (TPSA) is 52.0 Å². The quantitative estimate of drug-likeness (QED) is 0.702. The number of fused-ring (bicyclic) bond motifs is 1. The Bertz CT molecular complexity index is 540. The van der Waals surface area contributed by atoms with Gasteiger partial charge >= 0.3 is 0 Å². The summed E-state index contributed by atoms with van der Waals surface area (Å²) in [5, 5.41) is 0. The van der Waals surface area contributed by atoms with E-state index in [0.717, 1.165) is 0 Å². The van der Waals surface area contributed by atoms with Crippen LogP contribution in [0.2, 0.25) is 0 Å². The molecule has 0 bridgehead atoms. The Kier molecular flexibility index (Phi) is 2.46. The van der Waals surface area contributed by atoms with Gasteiger partial charge in [0, 0.05) is 18.2 Å². The van der Waals surface area contributed by atoms with Crippen molar-refractivity contribution in [2.45, 2.75) is 19.7 Å². The molecule has 0 N–H and O–H groups in total. The van der Waals surface area contributed by atoms with E-state index in [2.05, 4.69) is 4.98 Å². The molecule has 0 aliphatic heterocycles. The number of carbonyl (C=O) groups excluding carboxylic acids is 2. The summed E-state index contributed by atoms with van der Waals surface area (Å²) in [7, 11) is 1.70. The zero-order valence-electron chi connectivity index (χ0n) is 9.30. The van der Waals surface area contributed by atoms with Gasteiger partial charge in [0.15, 0.2) is 0 Å². The summed E-state index contributed by atoms with van der Waals surface area (Å²) in [6.07, 6.45) is 0. The average Bonchev–Trinajstić information content (AvgIpc) is 2.61. The molecule has 5 heteroatoms. The van der Waals surface area contributed by atoms with Crippen molar-refractivity contribution in [2.24, 2.45) is 7.05 Å². The fourth-order valence-electron chi connectivity index (χ4n) is 1.78. The van der Waals surface area contributed by atoms with Crippen LogP contribution < -0.4 is 0 Å². The second-order valence-corrected chi connectivity index (χ2v) is 4.09. The van der Waals surface area contributed by atoms with Crippen molar-refractivity contribution >= 4 is 23.2 Å². The fraction of sp³-hybridized carbons (Fsp3) is 0.364. The van der Waals surface area contributed by atoms with Crippen LogP contribution in [0, 0.1) is 0 Å². The summed E-state index contributed by atoms with van der Waals surface area (Å²) in [5.41, 5.74) is 1.54. The first kappa shape index (κ1) is 11.1. The summed E-state index contributed by atoms with van der Waals surface area (Å²) in [4.78, 5) is 28.0. The minimum atomic E-state index is -0.181. The number of Topliss-reactive ketones (excluding diaryl/α,β-unsaturated/α-hetero) is 2. The minimum absolute atomic E-state index is 0.140. The second-order valence-electron chi connectivity index (χ2n) is 3.83. The molecule has 1 heterocycles. The number of alkyl halides is 1. The van der Waals surface area contributed by atoms with Gasteiger partial charge < -0.3 is 4.57 Å². The summed E-state index contributed by atoms with van der Waals surface area (Å²) in [6.45, 7) is 3.30. The first-order valence-electron chi connectivity index (χ1n) is 4.87. The molecule has 0 amide bonds. The number of halogens is 1. The Morgan fingerprint density at radius 1 is 1.19 bits per heavy atom. The molecule has 1 aromatic heterocycles. The van der Waals surface area contributed by atoms with Crippen molar-refractivity contribution in [3.05, 3.63) is 28.4 Å². The molecule has 0 saturated carbocycles. The number of carbonyl (C=O) groups is 2. The van der Waals surface area contributed by atoms with E-state index >= 15 is 0 Å². The maximum absolute atomic E-state index is 12.0. The highest BCUT2D eigenvalue weighted by Gasteiger charge is 2.32. The third kappa shape index (κ3) is 1.26. The second kappa shape index (κ2) is 3.56. The van der Waals surface area contributed by atoms with Crippen molar-refractivity contribution in [2.75, 3.05) is 0 Å². The summed E-state index contributed by atoms with van der Waals surface area (Å²) in [5.74, 6) is 0.399. The lowest BCUT2D eigenvalue weighted by Crippen LogP contribution is -2.21. The van der Waals surface area contributed by atoms with Crippen LogP contribution in [0.3, 0.4) is 0 Å². The molecule has 1 aliphatic carbocycles. The van der Waals surface area contributed by atoms with Crippen molar-refractivity contribution in [1.82, 2.24) is 9.55 Å². The number of hydrogen-bond acceptors (Lipinski definition) is 3. The molecule has 0 radical (unpaired) electrons. The lowest BCUT2D eigenvalue weighted by Gasteiger charge is -2.13. The molecule has 84 valence electrons.